The molecule has 2 heterocycles. The Kier molecular flexibility index (Phi) is 8.01. The summed E-state index contributed by atoms with van der Waals surface area (Å²) in [5.41, 5.74) is 1.33. The van der Waals surface area contributed by atoms with Crippen molar-refractivity contribution in [1.29, 1.82) is 0 Å². The van der Waals surface area contributed by atoms with E-state index in [1.54, 1.807) is 35.8 Å². The van der Waals surface area contributed by atoms with E-state index >= 15 is 0 Å². The fraction of sp³-hybridized carbons (Fsp3) is 0.286. The first kappa shape index (κ1) is 23.5. The van der Waals surface area contributed by atoms with Gasteiger partial charge in [-0.25, -0.2) is 4.79 Å². The summed E-state index contributed by atoms with van der Waals surface area (Å²) < 4.78 is 12.5. The first-order chi connectivity index (χ1) is 15.4. The highest BCUT2D eigenvalue weighted by Crippen LogP contribution is 2.25. The molecule has 0 aliphatic rings. The van der Waals surface area contributed by atoms with Gasteiger partial charge in [-0.3, -0.25) is 9.59 Å². The zero-order valence-electron chi connectivity index (χ0n) is 17.8. The number of nitrogens with zero attached hydrogens (tertiary/aromatic N) is 3. The maximum absolute atomic E-state index is 12.6. The maximum Gasteiger partial charge on any atom is 0.338 e. The minimum absolute atomic E-state index is 0.0265. The molecule has 0 atom stereocenters. The van der Waals surface area contributed by atoms with Crippen molar-refractivity contribution in [3.8, 4) is 5.75 Å². The van der Waals surface area contributed by atoms with Crippen LogP contribution in [0.4, 0.5) is 5.69 Å². The third kappa shape index (κ3) is 6.17. The molecule has 0 saturated heterocycles. The van der Waals surface area contributed by atoms with Crippen LogP contribution < -0.4 is 15.5 Å². The molecule has 0 fully saturated rings. The molecule has 3 aromatic rings. The first-order valence-electron chi connectivity index (χ1n) is 9.67. The highest BCUT2D eigenvalue weighted by atomic mass is 32.2. The van der Waals surface area contributed by atoms with Crippen molar-refractivity contribution in [2.75, 3.05) is 19.0 Å². The molecule has 1 amide bonds. The summed E-state index contributed by atoms with van der Waals surface area (Å²) in [5, 5.41) is 11.7. The number of ether oxygens (including phenoxy) is 2. The zero-order chi connectivity index (χ0) is 23.1. The normalized spacial score (nSPS) is 10.6. The Balaban J connectivity index is 1.72. The third-order valence-corrected chi connectivity index (χ3v) is 6.25. The van der Waals surface area contributed by atoms with Gasteiger partial charge in [-0.1, -0.05) is 23.1 Å². The zero-order valence-corrected chi connectivity index (χ0v) is 19.4. The molecule has 11 heteroatoms. The van der Waals surface area contributed by atoms with Crippen LogP contribution in [-0.2, 0) is 21.8 Å². The second-order valence-corrected chi connectivity index (χ2v) is 8.95. The summed E-state index contributed by atoms with van der Waals surface area (Å²) >= 11 is 2.90. The van der Waals surface area contributed by atoms with Gasteiger partial charge < -0.3 is 19.4 Å². The molecule has 2 aromatic heterocycles. The van der Waals surface area contributed by atoms with E-state index in [2.05, 4.69) is 15.5 Å². The molecule has 0 radical (unpaired) electrons. The number of hydrogen-bond acceptors (Lipinski definition) is 9. The number of aryl methyl sites for hydroxylation is 1. The molecule has 1 N–H and O–H groups in total. The maximum atomic E-state index is 12.6. The van der Waals surface area contributed by atoms with Crippen molar-refractivity contribution in [2.45, 2.75) is 30.5 Å². The average molecular weight is 475 g/mol. The minimum Gasteiger partial charge on any atom is -0.491 e. The lowest BCUT2D eigenvalue weighted by molar-refractivity contribution is -0.116. The van der Waals surface area contributed by atoms with Crippen LogP contribution in [0.3, 0.4) is 0 Å². The van der Waals surface area contributed by atoms with E-state index in [1.807, 2.05) is 6.92 Å². The number of rotatable bonds is 9. The number of esters is 1. The van der Waals surface area contributed by atoms with E-state index < -0.39 is 5.97 Å². The molecular formula is C21H22N4O5S2. The van der Waals surface area contributed by atoms with E-state index in [0.717, 1.165) is 9.35 Å². The van der Waals surface area contributed by atoms with E-state index in [9.17, 15) is 14.4 Å². The van der Waals surface area contributed by atoms with Crippen LogP contribution >= 0.6 is 23.1 Å². The molecule has 0 bridgehead atoms. The van der Waals surface area contributed by atoms with Gasteiger partial charge >= 0.3 is 5.97 Å². The fourth-order valence-electron chi connectivity index (χ4n) is 2.75. The predicted molar refractivity (Wildman–Crippen MR) is 122 cm³/mol. The average Bonchev–Trinajstić information content (AvgIpc) is 3.19. The number of anilines is 1. The lowest BCUT2D eigenvalue weighted by Gasteiger charge is -2.14. The number of benzene rings is 1. The Hall–Kier alpha value is -3.18. The Morgan fingerprint density at radius 3 is 2.59 bits per heavy atom. The number of methoxy groups -OCH3 is 1. The molecule has 0 unspecified atom stereocenters. The lowest BCUT2D eigenvalue weighted by Crippen LogP contribution is -2.22. The monoisotopic (exact) mass is 474 g/mol. The van der Waals surface area contributed by atoms with Gasteiger partial charge in [-0.05, 0) is 38.1 Å². The van der Waals surface area contributed by atoms with Crippen LogP contribution in [0.1, 0.15) is 28.0 Å². The Labute approximate surface area is 192 Å². The molecule has 0 spiro atoms. The van der Waals surface area contributed by atoms with Gasteiger partial charge in [-0.15, -0.1) is 10.2 Å². The summed E-state index contributed by atoms with van der Waals surface area (Å²) in [7, 11) is 1.41. The molecule has 0 saturated carbocycles. The fourth-order valence-corrected chi connectivity index (χ4v) is 4.56. The van der Waals surface area contributed by atoms with Crippen LogP contribution in [0.25, 0.3) is 0 Å². The number of pyridine rings is 1. The van der Waals surface area contributed by atoms with Gasteiger partial charge in [0, 0.05) is 23.2 Å². The van der Waals surface area contributed by atoms with Crippen molar-refractivity contribution < 1.29 is 19.1 Å². The number of carbonyl (C=O) groups excluding carboxylic acids is 2. The summed E-state index contributed by atoms with van der Waals surface area (Å²) in [6.07, 6.45) is 1.52. The van der Waals surface area contributed by atoms with E-state index in [4.69, 9.17) is 9.47 Å². The molecule has 0 aliphatic carbocycles. The van der Waals surface area contributed by atoms with Crippen LogP contribution in [-0.4, -0.2) is 40.4 Å². The van der Waals surface area contributed by atoms with Crippen molar-refractivity contribution in [3.63, 3.8) is 0 Å². The number of aromatic nitrogens is 3. The van der Waals surface area contributed by atoms with Crippen LogP contribution in [0.2, 0.25) is 0 Å². The van der Waals surface area contributed by atoms with Gasteiger partial charge in [0.2, 0.25) is 11.3 Å². The van der Waals surface area contributed by atoms with Gasteiger partial charge in [0.25, 0.3) is 0 Å². The number of amides is 1. The molecule has 9 nitrogen and oxygen atoms in total. The largest absolute Gasteiger partial charge is 0.491 e. The summed E-state index contributed by atoms with van der Waals surface area (Å²) in [6.45, 7) is 3.87. The summed E-state index contributed by atoms with van der Waals surface area (Å²) in [5.74, 6) is -0.122. The van der Waals surface area contributed by atoms with E-state index in [1.165, 1.54) is 42.5 Å². The summed E-state index contributed by atoms with van der Waals surface area (Å²) in [4.78, 5) is 36.6. The SMILES string of the molecule is CCOC(=O)c1ccc(NC(=O)Cn2cc(OC)c(=O)cc2CSc2nnc(C)s2)cc1. The van der Waals surface area contributed by atoms with Gasteiger partial charge in [0.05, 0.1) is 25.5 Å². The molecule has 1 aromatic carbocycles. The van der Waals surface area contributed by atoms with E-state index in [-0.39, 0.29) is 23.6 Å². The first-order valence-corrected chi connectivity index (χ1v) is 11.5. The molecule has 0 aliphatic heterocycles. The lowest BCUT2D eigenvalue weighted by atomic mass is 10.2. The number of hydrogen-bond donors (Lipinski definition) is 1. The Bertz CT molecular complexity index is 1160. The summed E-state index contributed by atoms with van der Waals surface area (Å²) in [6, 6.07) is 7.89. The second kappa shape index (κ2) is 10.9. The number of carbonyl (C=O) groups is 2. The quantitative estimate of drug-likeness (QED) is 0.372. The smallest absolute Gasteiger partial charge is 0.338 e. The predicted octanol–water partition coefficient (Wildman–Crippen LogP) is 3.12. The molecule has 168 valence electrons. The number of nitrogens with one attached hydrogen (secondary N) is 1. The van der Waals surface area contributed by atoms with Crippen molar-refractivity contribution in [2.24, 2.45) is 0 Å². The van der Waals surface area contributed by atoms with E-state index in [0.29, 0.717) is 29.3 Å². The van der Waals surface area contributed by atoms with Crippen molar-refractivity contribution in [3.05, 3.63) is 63.0 Å². The van der Waals surface area contributed by atoms with Crippen LogP contribution in [0.5, 0.6) is 5.75 Å². The Morgan fingerprint density at radius 2 is 1.97 bits per heavy atom. The molecular weight excluding hydrogens is 452 g/mol. The highest BCUT2D eigenvalue weighted by molar-refractivity contribution is 8.00. The minimum atomic E-state index is -0.418. The van der Waals surface area contributed by atoms with Crippen LogP contribution in [0, 0.1) is 6.92 Å². The Morgan fingerprint density at radius 1 is 1.22 bits per heavy atom. The van der Waals surface area contributed by atoms with Crippen molar-refractivity contribution in [1.82, 2.24) is 14.8 Å². The van der Waals surface area contributed by atoms with Crippen molar-refractivity contribution >= 4 is 40.7 Å². The number of thioether (sulfide) groups is 1. The van der Waals surface area contributed by atoms with Gasteiger partial charge in [0.15, 0.2) is 10.1 Å². The topological polar surface area (TPSA) is 112 Å². The third-order valence-electron chi connectivity index (χ3n) is 4.25. The standard InChI is InChI=1S/C21H22N4O5S2/c1-4-30-20(28)14-5-7-15(8-6-14)22-19(27)11-25-10-18(29-3)17(26)9-16(25)12-31-21-24-23-13(2)32-21/h5-10H,4,11-12H2,1-3H3,(H,22,27). The highest BCUT2D eigenvalue weighted by Gasteiger charge is 2.13. The van der Waals surface area contributed by atoms with Gasteiger partial charge in [0.1, 0.15) is 11.6 Å². The second-order valence-electron chi connectivity index (χ2n) is 6.55. The molecule has 32 heavy (non-hydrogen) atoms. The van der Waals surface area contributed by atoms with Crippen LogP contribution in [0.15, 0.2) is 45.7 Å². The van der Waals surface area contributed by atoms with Gasteiger partial charge in [-0.2, -0.15) is 0 Å². The molecule has 3 rings (SSSR count).